The van der Waals surface area contributed by atoms with Crippen molar-refractivity contribution in [1.29, 1.82) is 0 Å². The summed E-state index contributed by atoms with van der Waals surface area (Å²) in [6.07, 6.45) is 60.3. The SMILES string of the molecule is CCCCCCC/C=C\C/C=C\CCCCCCCCCCCC(=O)NC(COP(=O)(O)OCCN)C(O)/C=C/CC/C=C/CCCCCCCCCCCCCCCCC. The number of nitrogens with two attached hydrogens (primary N) is 1. The molecule has 8 nitrogen and oxygen atoms in total. The Bertz CT molecular complexity index is 1100. The average Bonchev–Trinajstić information content (AvgIpc) is 3.25. The number of carbonyl (C=O) groups excluding carboxylic acids is 1. The van der Waals surface area contributed by atoms with E-state index < -0.39 is 20.0 Å². The topological polar surface area (TPSA) is 131 Å². The molecule has 0 aromatic carbocycles. The van der Waals surface area contributed by atoms with Crippen molar-refractivity contribution in [3.63, 3.8) is 0 Å². The van der Waals surface area contributed by atoms with E-state index >= 15 is 0 Å². The van der Waals surface area contributed by atoms with Gasteiger partial charge in [-0.2, -0.15) is 0 Å². The van der Waals surface area contributed by atoms with Crippen molar-refractivity contribution >= 4 is 13.7 Å². The number of phosphoric ester groups is 1. The van der Waals surface area contributed by atoms with Crippen molar-refractivity contribution in [3.05, 3.63) is 48.6 Å². The zero-order valence-electron chi connectivity index (χ0n) is 39.9. The fourth-order valence-electron chi connectivity index (χ4n) is 7.47. The van der Waals surface area contributed by atoms with Gasteiger partial charge in [0.2, 0.25) is 5.91 Å². The first-order chi connectivity index (χ1) is 29.9. The number of hydrogen-bond acceptors (Lipinski definition) is 6. The van der Waals surface area contributed by atoms with Crippen molar-refractivity contribution in [3.8, 4) is 0 Å². The van der Waals surface area contributed by atoms with Gasteiger partial charge in [-0.25, -0.2) is 4.57 Å². The Morgan fingerprint density at radius 3 is 1.36 bits per heavy atom. The fourth-order valence-corrected chi connectivity index (χ4v) is 8.23. The van der Waals surface area contributed by atoms with E-state index in [0.717, 1.165) is 44.9 Å². The molecule has 0 aliphatic carbocycles. The molecule has 1 amide bonds. The van der Waals surface area contributed by atoms with Gasteiger partial charge in [0.15, 0.2) is 0 Å². The third-order valence-corrected chi connectivity index (χ3v) is 12.4. The third-order valence-electron chi connectivity index (χ3n) is 11.4. The van der Waals surface area contributed by atoms with Crippen LogP contribution in [-0.4, -0.2) is 47.8 Å². The van der Waals surface area contributed by atoms with E-state index in [9.17, 15) is 19.4 Å². The quantitative estimate of drug-likeness (QED) is 0.0272. The molecule has 0 saturated heterocycles. The molecular formula is C52H99N2O6P. The Balaban J connectivity index is 4.15. The number of aliphatic hydroxyl groups excluding tert-OH is 1. The average molecular weight is 879 g/mol. The van der Waals surface area contributed by atoms with Crippen LogP contribution in [0.4, 0.5) is 0 Å². The molecule has 3 unspecified atom stereocenters. The maximum atomic E-state index is 12.8. The van der Waals surface area contributed by atoms with Crippen LogP contribution in [0.3, 0.4) is 0 Å². The Hall–Kier alpha value is -1.54. The maximum absolute atomic E-state index is 12.8. The second-order valence-electron chi connectivity index (χ2n) is 17.4. The van der Waals surface area contributed by atoms with E-state index in [1.807, 2.05) is 6.08 Å². The van der Waals surface area contributed by atoms with E-state index in [0.29, 0.717) is 6.42 Å². The first kappa shape index (κ1) is 59.5. The lowest BCUT2D eigenvalue weighted by Gasteiger charge is -2.23. The lowest BCUT2D eigenvalue weighted by atomic mass is 10.0. The molecule has 0 aliphatic heterocycles. The van der Waals surface area contributed by atoms with Gasteiger partial charge in [-0.3, -0.25) is 13.8 Å². The van der Waals surface area contributed by atoms with Crippen LogP contribution in [0.2, 0.25) is 0 Å². The molecule has 0 fully saturated rings. The van der Waals surface area contributed by atoms with Crippen molar-refractivity contribution in [1.82, 2.24) is 5.32 Å². The summed E-state index contributed by atoms with van der Waals surface area (Å²) in [7, 11) is -4.36. The van der Waals surface area contributed by atoms with Crippen LogP contribution >= 0.6 is 7.82 Å². The Morgan fingerprint density at radius 2 is 0.918 bits per heavy atom. The first-order valence-corrected chi connectivity index (χ1v) is 27.3. The van der Waals surface area contributed by atoms with E-state index in [4.69, 9.17) is 14.8 Å². The highest BCUT2D eigenvalue weighted by Crippen LogP contribution is 2.43. The number of nitrogens with one attached hydrogen (secondary N) is 1. The highest BCUT2D eigenvalue weighted by molar-refractivity contribution is 7.47. The zero-order chi connectivity index (χ0) is 44.6. The molecule has 358 valence electrons. The molecule has 0 aromatic heterocycles. The van der Waals surface area contributed by atoms with E-state index in [1.54, 1.807) is 6.08 Å². The zero-order valence-corrected chi connectivity index (χ0v) is 40.8. The van der Waals surface area contributed by atoms with Gasteiger partial charge in [0, 0.05) is 13.0 Å². The van der Waals surface area contributed by atoms with Crippen molar-refractivity contribution in [2.45, 2.75) is 257 Å². The minimum Gasteiger partial charge on any atom is -0.387 e. The van der Waals surface area contributed by atoms with Gasteiger partial charge >= 0.3 is 7.82 Å². The fraction of sp³-hybridized carbons (Fsp3) is 0.827. The van der Waals surface area contributed by atoms with Crippen molar-refractivity contribution in [2.24, 2.45) is 5.73 Å². The lowest BCUT2D eigenvalue weighted by Crippen LogP contribution is -2.45. The number of allylic oxidation sites excluding steroid dienone is 7. The molecule has 0 heterocycles. The van der Waals surface area contributed by atoms with E-state index in [1.165, 1.54) is 180 Å². The van der Waals surface area contributed by atoms with Crippen molar-refractivity contribution in [2.75, 3.05) is 19.8 Å². The third kappa shape index (κ3) is 46.3. The van der Waals surface area contributed by atoms with E-state index in [-0.39, 0.29) is 25.7 Å². The van der Waals surface area contributed by atoms with Crippen LogP contribution in [0.5, 0.6) is 0 Å². The molecule has 61 heavy (non-hydrogen) atoms. The minimum atomic E-state index is -4.36. The van der Waals surface area contributed by atoms with Gasteiger partial charge in [-0.15, -0.1) is 0 Å². The van der Waals surface area contributed by atoms with Crippen LogP contribution in [0.25, 0.3) is 0 Å². The Labute approximate surface area is 377 Å². The monoisotopic (exact) mass is 879 g/mol. The molecule has 0 radical (unpaired) electrons. The number of rotatable bonds is 48. The molecule has 0 aromatic rings. The standard InChI is InChI=1S/C52H99N2O6P/c1-3-5-7-9-11-13-15-17-19-21-23-25-27-29-31-33-35-37-39-41-43-45-51(55)50(49-60-61(57,58)59-48-47-53)54-52(56)46-44-42-40-38-36-34-32-30-28-26-24-22-20-18-16-14-12-10-8-6-4-2/h16,18,22,24,35,37,43,45,50-51,55H,3-15,17,19-21,23,25-34,36,38-42,44,46-49,53H2,1-2H3,(H,54,56)(H,57,58)/b18-16-,24-22-,37-35+,45-43+. The van der Waals surface area contributed by atoms with Gasteiger partial charge < -0.3 is 21.1 Å². The molecule has 9 heteroatoms. The molecular weight excluding hydrogens is 780 g/mol. The highest BCUT2D eigenvalue weighted by atomic mass is 31.2. The number of aliphatic hydroxyl groups is 1. The van der Waals surface area contributed by atoms with Crippen molar-refractivity contribution < 1.29 is 28.4 Å². The predicted molar refractivity (Wildman–Crippen MR) is 263 cm³/mol. The van der Waals surface area contributed by atoms with Crippen LogP contribution < -0.4 is 11.1 Å². The van der Waals surface area contributed by atoms with Gasteiger partial charge in [0.1, 0.15) is 0 Å². The molecule has 3 atom stereocenters. The second kappa shape index (κ2) is 47.9. The Morgan fingerprint density at radius 1 is 0.541 bits per heavy atom. The molecule has 5 N–H and O–H groups in total. The highest BCUT2D eigenvalue weighted by Gasteiger charge is 2.26. The summed E-state index contributed by atoms with van der Waals surface area (Å²) in [5.74, 6) is -0.207. The predicted octanol–water partition coefficient (Wildman–Crippen LogP) is 15.2. The van der Waals surface area contributed by atoms with Gasteiger partial charge in [0.25, 0.3) is 0 Å². The molecule has 0 saturated carbocycles. The second-order valence-corrected chi connectivity index (χ2v) is 18.8. The summed E-state index contributed by atoms with van der Waals surface area (Å²) in [5, 5.41) is 13.7. The molecule has 0 spiro atoms. The first-order valence-electron chi connectivity index (χ1n) is 25.8. The normalized spacial score (nSPS) is 14.2. The number of unbranched alkanes of at least 4 members (excludes halogenated alkanes) is 30. The summed E-state index contributed by atoms with van der Waals surface area (Å²) >= 11 is 0. The van der Waals surface area contributed by atoms with E-state index in [2.05, 4.69) is 55.6 Å². The van der Waals surface area contributed by atoms with Gasteiger partial charge in [-0.05, 0) is 64.2 Å². The summed E-state index contributed by atoms with van der Waals surface area (Å²) < 4.78 is 22.2. The molecule has 0 rings (SSSR count). The number of amides is 1. The summed E-state index contributed by atoms with van der Waals surface area (Å²) in [6.45, 7) is 4.12. The number of carbonyl (C=O) groups is 1. The summed E-state index contributed by atoms with van der Waals surface area (Å²) in [4.78, 5) is 22.8. The van der Waals surface area contributed by atoms with Crippen LogP contribution in [0.1, 0.15) is 245 Å². The summed E-state index contributed by atoms with van der Waals surface area (Å²) in [6, 6.07) is -0.881. The number of hydrogen-bond donors (Lipinski definition) is 4. The van der Waals surface area contributed by atoms with Gasteiger partial charge in [0.05, 0.1) is 25.4 Å². The summed E-state index contributed by atoms with van der Waals surface area (Å²) in [5.41, 5.74) is 5.39. The molecule has 0 aliphatic rings. The molecule has 0 bridgehead atoms. The van der Waals surface area contributed by atoms with Crippen LogP contribution in [-0.2, 0) is 18.4 Å². The lowest BCUT2D eigenvalue weighted by molar-refractivity contribution is -0.123. The van der Waals surface area contributed by atoms with Crippen LogP contribution in [0.15, 0.2) is 48.6 Å². The maximum Gasteiger partial charge on any atom is 0.472 e. The van der Waals surface area contributed by atoms with Gasteiger partial charge in [-0.1, -0.05) is 223 Å². The number of phosphoric acid groups is 1. The minimum absolute atomic E-state index is 0.0724. The largest absolute Gasteiger partial charge is 0.472 e. The Kier molecular flexibility index (Phi) is 46.7. The smallest absolute Gasteiger partial charge is 0.387 e. The van der Waals surface area contributed by atoms with Crippen LogP contribution in [0, 0.1) is 0 Å².